The Morgan fingerprint density at radius 1 is 1.16 bits per heavy atom. The highest BCUT2D eigenvalue weighted by Gasteiger charge is 2.08. The van der Waals surface area contributed by atoms with Gasteiger partial charge in [-0.3, -0.25) is 0 Å². The Morgan fingerprint density at radius 3 is 2.42 bits per heavy atom. The van der Waals surface area contributed by atoms with E-state index in [9.17, 15) is 5.11 Å². The summed E-state index contributed by atoms with van der Waals surface area (Å²) >= 11 is 0. The number of aliphatic hydroxyl groups is 2. The molecule has 0 radical (unpaired) electrons. The Morgan fingerprint density at radius 2 is 1.84 bits per heavy atom. The van der Waals surface area contributed by atoms with E-state index in [0.717, 1.165) is 12.0 Å². The maximum atomic E-state index is 9.73. The molecule has 0 heterocycles. The highest BCUT2D eigenvalue weighted by atomic mass is 16.3. The molecule has 1 aromatic carbocycles. The van der Waals surface area contributed by atoms with Crippen molar-refractivity contribution in [2.75, 3.05) is 6.61 Å². The molecule has 1 rings (SSSR count). The van der Waals surface area contributed by atoms with E-state index < -0.39 is 6.10 Å². The zero-order valence-electron chi connectivity index (χ0n) is 12.0. The maximum absolute atomic E-state index is 9.73. The molecule has 0 aromatic heterocycles. The lowest BCUT2D eigenvalue weighted by Gasteiger charge is -2.11. The van der Waals surface area contributed by atoms with E-state index in [1.165, 1.54) is 24.8 Å². The summed E-state index contributed by atoms with van der Waals surface area (Å²) in [5.41, 5.74) is 2.46. The third-order valence-electron chi connectivity index (χ3n) is 3.41. The normalized spacial score (nSPS) is 14.7. The van der Waals surface area contributed by atoms with Gasteiger partial charge in [0.05, 0.1) is 6.10 Å². The smallest absolute Gasteiger partial charge is 0.0771 e. The van der Waals surface area contributed by atoms with Crippen molar-refractivity contribution < 1.29 is 10.2 Å². The van der Waals surface area contributed by atoms with Crippen LogP contribution in [0.4, 0.5) is 0 Å². The number of rotatable bonds is 8. The zero-order valence-corrected chi connectivity index (χ0v) is 12.0. The van der Waals surface area contributed by atoms with Gasteiger partial charge < -0.3 is 10.2 Å². The Hall–Kier alpha value is -1.12. The number of aliphatic hydroxyl groups excluding tert-OH is 2. The predicted molar refractivity (Wildman–Crippen MR) is 81.0 cm³/mol. The summed E-state index contributed by atoms with van der Waals surface area (Å²) in [6.07, 6.45) is 7.99. The Bertz CT molecular complexity index is 367. The summed E-state index contributed by atoms with van der Waals surface area (Å²) in [5, 5.41) is 18.7. The molecule has 0 spiro atoms. The second-order valence-corrected chi connectivity index (χ2v) is 5.21. The number of hydrogen-bond acceptors (Lipinski definition) is 2. The van der Waals surface area contributed by atoms with Crippen LogP contribution in [0.1, 0.15) is 44.2 Å². The summed E-state index contributed by atoms with van der Waals surface area (Å²) in [4.78, 5) is 0. The Balaban J connectivity index is 2.49. The van der Waals surface area contributed by atoms with Gasteiger partial charge >= 0.3 is 0 Å². The van der Waals surface area contributed by atoms with Crippen LogP contribution in [-0.4, -0.2) is 22.9 Å². The fourth-order valence-corrected chi connectivity index (χ4v) is 1.88. The molecule has 0 fully saturated rings. The molecule has 0 aliphatic carbocycles. The first-order chi connectivity index (χ1) is 9.17. The van der Waals surface area contributed by atoms with Gasteiger partial charge in [-0.1, -0.05) is 63.1 Å². The summed E-state index contributed by atoms with van der Waals surface area (Å²) < 4.78 is 0. The van der Waals surface area contributed by atoms with E-state index in [0.29, 0.717) is 0 Å². The van der Waals surface area contributed by atoms with Gasteiger partial charge in [-0.25, -0.2) is 0 Å². The molecule has 0 aliphatic heterocycles. The van der Waals surface area contributed by atoms with Crippen LogP contribution >= 0.6 is 0 Å². The quantitative estimate of drug-likeness (QED) is 0.705. The second-order valence-electron chi connectivity index (χ2n) is 5.21. The zero-order chi connectivity index (χ0) is 14.1. The molecular formula is C17H26O2. The molecule has 106 valence electrons. The van der Waals surface area contributed by atoms with Crippen LogP contribution in [0.15, 0.2) is 30.3 Å². The second kappa shape index (κ2) is 8.89. The lowest BCUT2D eigenvalue weighted by Crippen LogP contribution is -2.17. The van der Waals surface area contributed by atoms with Crippen LogP contribution in [-0.2, 0) is 6.42 Å². The van der Waals surface area contributed by atoms with Gasteiger partial charge in [0.15, 0.2) is 0 Å². The molecule has 1 aromatic rings. The summed E-state index contributed by atoms with van der Waals surface area (Å²) in [6.45, 7) is 4.04. The van der Waals surface area contributed by atoms with Gasteiger partial charge in [-0.15, -0.1) is 0 Å². The van der Waals surface area contributed by atoms with Crippen molar-refractivity contribution >= 4 is 6.08 Å². The fourth-order valence-electron chi connectivity index (χ4n) is 1.88. The van der Waals surface area contributed by atoms with Crippen molar-refractivity contribution in [3.63, 3.8) is 0 Å². The first-order valence-corrected chi connectivity index (χ1v) is 7.23. The lowest BCUT2D eigenvalue weighted by molar-refractivity contribution is 0.112. The van der Waals surface area contributed by atoms with Crippen LogP contribution in [0.2, 0.25) is 0 Å². The molecule has 0 bridgehead atoms. The molecule has 2 heteroatoms. The van der Waals surface area contributed by atoms with E-state index in [1.54, 1.807) is 6.08 Å². The minimum atomic E-state index is -0.589. The number of hydrogen-bond donors (Lipinski definition) is 2. The van der Waals surface area contributed by atoms with Crippen molar-refractivity contribution in [2.24, 2.45) is 5.92 Å². The molecule has 1 unspecified atom stereocenters. The predicted octanol–water partition coefficient (Wildman–Crippen LogP) is 3.42. The topological polar surface area (TPSA) is 40.5 Å². The van der Waals surface area contributed by atoms with Gasteiger partial charge in [-0.05, 0) is 24.0 Å². The van der Waals surface area contributed by atoms with Gasteiger partial charge in [0.2, 0.25) is 0 Å². The molecule has 0 aliphatic rings. The minimum absolute atomic E-state index is 0.00186. The van der Waals surface area contributed by atoms with E-state index in [4.69, 9.17) is 5.11 Å². The minimum Gasteiger partial charge on any atom is -0.396 e. The van der Waals surface area contributed by atoms with Crippen molar-refractivity contribution in [3.05, 3.63) is 41.5 Å². The maximum Gasteiger partial charge on any atom is 0.0771 e. The van der Waals surface area contributed by atoms with Crippen LogP contribution in [0, 0.1) is 5.92 Å². The van der Waals surface area contributed by atoms with Crippen molar-refractivity contribution in [1.82, 2.24) is 0 Å². The van der Waals surface area contributed by atoms with Gasteiger partial charge in [-0.2, -0.15) is 0 Å². The molecule has 0 saturated carbocycles. The van der Waals surface area contributed by atoms with Crippen LogP contribution in [0.5, 0.6) is 0 Å². The molecule has 0 amide bonds. The van der Waals surface area contributed by atoms with Gasteiger partial charge in [0, 0.05) is 12.5 Å². The monoisotopic (exact) mass is 262 g/mol. The molecule has 0 saturated heterocycles. The SMILES string of the molecule is CCCCCc1ccc(/C=C/[C@H](O)C(C)CO)cc1. The van der Waals surface area contributed by atoms with Crippen LogP contribution in [0.3, 0.4) is 0 Å². The van der Waals surface area contributed by atoms with Gasteiger partial charge in [0.25, 0.3) is 0 Å². The lowest BCUT2D eigenvalue weighted by atomic mass is 10.0. The summed E-state index contributed by atoms with van der Waals surface area (Å²) in [6, 6.07) is 8.45. The summed E-state index contributed by atoms with van der Waals surface area (Å²) in [5.74, 6) is -0.121. The molecule has 2 N–H and O–H groups in total. The average molecular weight is 262 g/mol. The van der Waals surface area contributed by atoms with Crippen molar-refractivity contribution in [1.29, 1.82) is 0 Å². The van der Waals surface area contributed by atoms with E-state index in [1.807, 2.05) is 13.0 Å². The highest BCUT2D eigenvalue weighted by Crippen LogP contribution is 2.11. The van der Waals surface area contributed by atoms with Crippen molar-refractivity contribution in [2.45, 2.75) is 45.6 Å². The molecular weight excluding hydrogens is 236 g/mol. The van der Waals surface area contributed by atoms with E-state index >= 15 is 0 Å². The third-order valence-corrected chi connectivity index (χ3v) is 3.41. The number of benzene rings is 1. The number of aryl methyl sites for hydroxylation is 1. The molecule has 2 atom stereocenters. The van der Waals surface area contributed by atoms with Crippen LogP contribution < -0.4 is 0 Å². The Labute approximate surface area is 116 Å². The van der Waals surface area contributed by atoms with Crippen LogP contribution in [0.25, 0.3) is 6.08 Å². The van der Waals surface area contributed by atoms with Gasteiger partial charge in [0.1, 0.15) is 0 Å². The molecule has 2 nitrogen and oxygen atoms in total. The van der Waals surface area contributed by atoms with E-state index in [2.05, 4.69) is 31.2 Å². The first-order valence-electron chi connectivity index (χ1n) is 7.23. The van der Waals surface area contributed by atoms with Crippen molar-refractivity contribution in [3.8, 4) is 0 Å². The Kier molecular flexibility index (Phi) is 7.46. The molecule has 19 heavy (non-hydrogen) atoms. The summed E-state index contributed by atoms with van der Waals surface area (Å²) in [7, 11) is 0. The fraction of sp³-hybridized carbons (Fsp3) is 0.529. The largest absolute Gasteiger partial charge is 0.396 e. The number of unbranched alkanes of at least 4 members (excludes halogenated alkanes) is 2. The highest BCUT2D eigenvalue weighted by molar-refractivity contribution is 5.50. The first kappa shape index (κ1) is 15.9. The average Bonchev–Trinajstić information content (AvgIpc) is 2.45. The third kappa shape index (κ3) is 6.04. The van der Waals surface area contributed by atoms with E-state index in [-0.39, 0.29) is 12.5 Å². The standard InChI is InChI=1S/C17H26O2/c1-3-4-5-6-15-7-9-16(10-8-15)11-12-17(19)14(2)13-18/h7-12,14,17-19H,3-6,13H2,1-2H3/b12-11+/t14?,17-/m0/s1.